The minimum Gasteiger partial charge on any atom is -0.494 e. The fourth-order valence-corrected chi connectivity index (χ4v) is 3.01. The first-order valence-corrected chi connectivity index (χ1v) is 11.2. The van der Waals surface area contributed by atoms with Gasteiger partial charge in [0.05, 0.1) is 18.8 Å². The number of amides is 1. The molecule has 2 aromatic carbocycles. The van der Waals surface area contributed by atoms with Crippen LogP contribution >= 0.6 is 28.1 Å². The minimum atomic E-state index is -0.332. The maximum Gasteiger partial charge on any atom is 0.261 e. The first-order chi connectivity index (χ1) is 14.2. The molecule has 0 aliphatic rings. The van der Waals surface area contributed by atoms with Crippen molar-refractivity contribution in [3.05, 3.63) is 52.5 Å². The second-order valence-corrected chi connectivity index (χ2v) is 9.13. The number of hydrogen-bond donors (Lipinski definition) is 2. The van der Waals surface area contributed by atoms with Gasteiger partial charge in [0.15, 0.2) is 5.11 Å². The molecule has 0 bridgehead atoms. The predicted octanol–water partition coefficient (Wildman–Crippen LogP) is 6.04. The molecule has 5 nitrogen and oxygen atoms in total. The van der Waals surface area contributed by atoms with Crippen LogP contribution < -0.4 is 20.1 Å². The molecule has 0 aliphatic heterocycles. The normalized spacial score (nSPS) is 10.8. The van der Waals surface area contributed by atoms with E-state index in [1.165, 1.54) is 0 Å². The minimum absolute atomic E-state index is 0.211. The molecule has 0 unspecified atom stereocenters. The van der Waals surface area contributed by atoms with Crippen LogP contribution in [0.2, 0.25) is 0 Å². The highest BCUT2D eigenvalue weighted by molar-refractivity contribution is 9.10. The zero-order valence-electron chi connectivity index (χ0n) is 17.8. The summed E-state index contributed by atoms with van der Waals surface area (Å²) in [6.45, 7) is 9.65. The van der Waals surface area contributed by atoms with Gasteiger partial charge >= 0.3 is 0 Å². The zero-order valence-corrected chi connectivity index (χ0v) is 20.2. The van der Waals surface area contributed by atoms with E-state index >= 15 is 0 Å². The van der Waals surface area contributed by atoms with E-state index in [0.717, 1.165) is 22.3 Å². The van der Waals surface area contributed by atoms with Gasteiger partial charge in [0.25, 0.3) is 5.91 Å². The summed E-state index contributed by atoms with van der Waals surface area (Å²) in [5.74, 6) is 1.95. The highest BCUT2D eigenvalue weighted by Gasteiger charge is 2.15. The SMILES string of the molecule is CC(C)CCOc1ccc(NC(=S)NC(=O)c2cc(Br)ccc2OCC(C)C)cc1. The number of nitrogens with one attached hydrogen (secondary N) is 2. The van der Waals surface area contributed by atoms with Crippen molar-refractivity contribution < 1.29 is 14.3 Å². The van der Waals surface area contributed by atoms with Gasteiger partial charge in [-0.05, 0) is 72.9 Å². The molecule has 7 heteroatoms. The second kappa shape index (κ2) is 11.9. The number of carbonyl (C=O) groups is 1. The van der Waals surface area contributed by atoms with Crippen molar-refractivity contribution in [2.75, 3.05) is 18.5 Å². The maximum atomic E-state index is 12.7. The molecule has 0 spiro atoms. The number of hydrogen-bond acceptors (Lipinski definition) is 4. The van der Waals surface area contributed by atoms with E-state index in [9.17, 15) is 4.79 Å². The lowest BCUT2D eigenvalue weighted by atomic mass is 10.1. The van der Waals surface area contributed by atoms with Crippen LogP contribution in [0.4, 0.5) is 5.69 Å². The van der Waals surface area contributed by atoms with E-state index < -0.39 is 0 Å². The first-order valence-electron chi connectivity index (χ1n) is 10.0. The number of thiocarbonyl (C=S) groups is 1. The Balaban J connectivity index is 1.94. The summed E-state index contributed by atoms with van der Waals surface area (Å²) < 4.78 is 12.3. The van der Waals surface area contributed by atoms with Gasteiger partial charge in [-0.1, -0.05) is 43.6 Å². The molecule has 162 valence electrons. The van der Waals surface area contributed by atoms with E-state index in [1.807, 2.05) is 30.3 Å². The highest BCUT2D eigenvalue weighted by atomic mass is 79.9. The van der Waals surface area contributed by atoms with Gasteiger partial charge < -0.3 is 14.8 Å². The Hall–Kier alpha value is -2.12. The van der Waals surface area contributed by atoms with Crippen LogP contribution in [-0.4, -0.2) is 24.2 Å². The Morgan fingerprint density at radius 1 is 1.03 bits per heavy atom. The zero-order chi connectivity index (χ0) is 22.1. The molecule has 0 heterocycles. The number of anilines is 1. The van der Waals surface area contributed by atoms with Gasteiger partial charge in [0, 0.05) is 10.2 Å². The fourth-order valence-electron chi connectivity index (χ4n) is 2.44. The van der Waals surface area contributed by atoms with Crippen molar-refractivity contribution in [2.24, 2.45) is 11.8 Å². The average molecular weight is 493 g/mol. The lowest BCUT2D eigenvalue weighted by Crippen LogP contribution is -2.34. The van der Waals surface area contributed by atoms with Crippen LogP contribution in [0.15, 0.2) is 46.9 Å². The van der Waals surface area contributed by atoms with Crippen molar-refractivity contribution in [2.45, 2.75) is 34.1 Å². The topological polar surface area (TPSA) is 59.6 Å². The number of benzene rings is 2. The Morgan fingerprint density at radius 2 is 1.73 bits per heavy atom. The third kappa shape index (κ3) is 8.32. The van der Waals surface area contributed by atoms with Crippen LogP contribution in [0.5, 0.6) is 11.5 Å². The van der Waals surface area contributed by atoms with Gasteiger partial charge in [0.2, 0.25) is 0 Å². The van der Waals surface area contributed by atoms with Gasteiger partial charge in [-0.3, -0.25) is 10.1 Å². The molecule has 0 saturated carbocycles. The second-order valence-electron chi connectivity index (χ2n) is 7.81. The smallest absolute Gasteiger partial charge is 0.261 e. The van der Waals surface area contributed by atoms with Crippen LogP contribution in [-0.2, 0) is 0 Å². The molecule has 0 aromatic heterocycles. The Kier molecular flexibility index (Phi) is 9.59. The van der Waals surface area contributed by atoms with Gasteiger partial charge in [-0.15, -0.1) is 0 Å². The summed E-state index contributed by atoms with van der Waals surface area (Å²) in [6.07, 6.45) is 1.01. The van der Waals surface area contributed by atoms with Crippen molar-refractivity contribution in [3.63, 3.8) is 0 Å². The van der Waals surface area contributed by atoms with Crippen LogP contribution in [0.1, 0.15) is 44.5 Å². The van der Waals surface area contributed by atoms with E-state index in [0.29, 0.717) is 36.4 Å². The average Bonchev–Trinajstić information content (AvgIpc) is 2.67. The Bertz CT molecular complexity index is 854. The van der Waals surface area contributed by atoms with Crippen LogP contribution in [0.3, 0.4) is 0 Å². The van der Waals surface area contributed by atoms with Gasteiger partial charge in [0.1, 0.15) is 11.5 Å². The highest BCUT2D eigenvalue weighted by Crippen LogP contribution is 2.24. The van der Waals surface area contributed by atoms with Crippen molar-refractivity contribution in [1.82, 2.24) is 5.32 Å². The maximum absolute atomic E-state index is 12.7. The van der Waals surface area contributed by atoms with E-state index in [4.69, 9.17) is 21.7 Å². The molecule has 0 radical (unpaired) electrons. The standard InChI is InChI=1S/C23H29BrN2O3S/c1-15(2)11-12-28-19-8-6-18(7-9-19)25-23(30)26-22(27)20-13-17(24)5-10-21(20)29-14-16(3)4/h5-10,13,15-16H,11-12,14H2,1-4H3,(H2,25,26,27,30). The predicted molar refractivity (Wildman–Crippen MR) is 130 cm³/mol. The van der Waals surface area contributed by atoms with Crippen molar-refractivity contribution in [3.8, 4) is 11.5 Å². The van der Waals surface area contributed by atoms with Crippen LogP contribution in [0.25, 0.3) is 0 Å². The van der Waals surface area contributed by atoms with E-state index in [2.05, 4.69) is 54.3 Å². The fraction of sp³-hybridized carbons (Fsp3) is 0.391. The largest absolute Gasteiger partial charge is 0.494 e. The van der Waals surface area contributed by atoms with Gasteiger partial charge in [-0.2, -0.15) is 0 Å². The Morgan fingerprint density at radius 3 is 2.37 bits per heavy atom. The summed E-state index contributed by atoms with van der Waals surface area (Å²) in [4.78, 5) is 12.7. The van der Waals surface area contributed by atoms with Crippen molar-refractivity contribution in [1.29, 1.82) is 0 Å². The van der Waals surface area contributed by atoms with Gasteiger partial charge in [-0.25, -0.2) is 0 Å². The monoisotopic (exact) mass is 492 g/mol. The molecule has 0 saturated heterocycles. The lowest BCUT2D eigenvalue weighted by Gasteiger charge is -2.15. The summed E-state index contributed by atoms with van der Waals surface area (Å²) in [5.41, 5.74) is 1.19. The molecular formula is C23H29BrN2O3S. The number of halogens is 1. The molecule has 0 aliphatic carbocycles. The molecule has 30 heavy (non-hydrogen) atoms. The molecular weight excluding hydrogens is 464 g/mol. The van der Waals surface area contributed by atoms with E-state index in [1.54, 1.807) is 12.1 Å². The van der Waals surface area contributed by atoms with Crippen molar-refractivity contribution >= 4 is 44.9 Å². The number of carbonyl (C=O) groups excluding carboxylic acids is 1. The molecule has 2 N–H and O–H groups in total. The first kappa shape index (κ1) is 24.2. The third-order valence-corrected chi connectivity index (χ3v) is 4.76. The van der Waals surface area contributed by atoms with E-state index in [-0.39, 0.29) is 11.0 Å². The quantitative estimate of drug-likeness (QED) is 0.418. The molecule has 1 amide bonds. The summed E-state index contributed by atoms with van der Waals surface area (Å²) in [7, 11) is 0. The third-order valence-electron chi connectivity index (χ3n) is 4.06. The molecule has 0 fully saturated rings. The summed E-state index contributed by atoms with van der Waals surface area (Å²) in [6, 6.07) is 12.8. The molecule has 0 atom stereocenters. The number of rotatable bonds is 9. The Labute approximate surface area is 192 Å². The number of ether oxygens (including phenoxy) is 2. The lowest BCUT2D eigenvalue weighted by molar-refractivity contribution is 0.0973. The summed E-state index contributed by atoms with van der Waals surface area (Å²) in [5, 5.41) is 5.94. The molecule has 2 aromatic rings. The summed E-state index contributed by atoms with van der Waals surface area (Å²) >= 11 is 8.70. The molecule has 2 rings (SSSR count). The van der Waals surface area contributed by atoms with Crippen LogP contribution in [0, 0.1) is 11.8 Å².